The minimum Gasteiger partial charge on any atom is -0.211 e. The lowest BCUT2D eigenvalue weighted by Gasteiger charge is -1.91. The van der Waals surface area contributed by atoms with Gasteiger partial charge in [0.25, 0.3) is 0 Å². The maximum Gasteiger partial charge on any atom is 0.111 e. The fraction of sp³-hybridized carbons (Fsp3) is 0.111. The van der Waals surface area contributed by atoms with E-state index in [0.29, 0.717) is 0 Å². The van der Waals surface area contributed by atoms with Gasteiger partial charge in [0.2, 0.25) is 0 Å². The number of hydrogen-bond donors (Lipinski definition) is 0. The average Bonchev–Trinajstić information content (AvgIpc) is 2.06. The van der Waals surface area contributed by atoms with Crippen LogP contribution in [0.25, 0.3) is 6.08 Å². The van der Waals surface area contributed by atoms with Crippen LogP contribution < -0.4 is 0 Å². The Balaban J connectivity index is 2.79. The Hall–Kier alpha value is -0.630. The van der Waals surface area contributed by atoms with Gasteiger partial charge in [-0.05, 0) is 11.6 Å². The summed E-state index contributed by atoms with van der Waals surface area (Å²) in [7, 11) is 0. The molecule has 11 heavy (non-hydrogen) atoms. The lowest BCUT2D eigenvalue weighted by atomic mass is 10.2. The summed E-state index contributed by atoms with van der Waals surface area (Å²) in [5.41, 5.74) is 0.893. The lowest BCUT2D eigenvalue weighted by molar-refractivity contribution is 0.654. The van der Waals surface area contributed by atoms with Crippen molar-refractivity contribution in [1.29, 1.82) is 0 Å². The molecule has 0 aliphatic rings. The zero-order chi connectivity index (χ0) is 8.10. The third-order valence-electron chi connectivity index (χ3n) is 1.25. The molecular formula is C9H8BrF. The minimum atomic E-state index is -0.156. The molecule has 0 aliphatic heterocycles. The normalized spacial score (nSPS) is 11.6. The third-order valence-corrected chi connectivity index (χ3v) is 1.79. The summed E-state index contributed by atoms with van der Waals surface area (Å²) in [5, 5.41) is 0.280. The second-order valence-electron chi connectivity index (χ2n) is 2.14. The number of allylic oxidation sites excluding steroid dienone is 1. The first-order valence-electron chi connectivity index (χ1n) is 3.30. The molecule has 0 bridgehead atoms. The van der Waals surface area contributed by atoms with Crippen LogP contribution in [-0.2, 0) is 0 Å². The summed E-state index contributed by atoms with van der Waals surface area (Å²) in [6, 6.07) is 9.40. The maximum absolute atomic E-state index is 12.6. The average molecular weight is 215 g/mol. The Morgan fingerprint density at radius 3 is 2.55 bits per heavy atom. The van der Waals surface area contributed by atoms with Gasteiger partial charge in [0.1, 0.15) is 5.83 Å². The standard InChI is InChI=1S/C9H8BrF/c10-7-9(11)6-8-4-2-1-3-5-8/h1-6H,7H2/b9-6-. The Morgan fingerprint density at radius 1 is 1.36 bits per heavy atom. The van der Waals surface area contributed by atoms with Crippen molar-refractivity contribution in [2.24, 2.45) is 0 Å². The van der Waals surface area contributed by atoms with Crippen LogP contribution in [0.15, 0.2) is 36.2 Å². The number of benzene rings is 1. The molecule has 0 aliphatic carbocycles. The predicted octanol–water partition coefficient (Wildman–Crippen LogP) is 3.39. The van der Waals surface area contributed by atoms with Crippen molar-refractivity contribution in [2.75, 3.05) is 5.33 Å². The molecule has 1 rings (SSSR count). The van der Waals surface area contributed by atoms with Gasteiger partial charge in [-0.2, -0.15) is 0 Å². The van der Waals surface area contributed by atoms with Gasteiger partial charge < -0.3 is 0 Å². The van der Waals surface area contributed by atoms with Gasteiger partial charge in [-0.15, -0.1) is 0 Å². The van der Waals surface area contributed by atoms with E-state index in [1.54, 1.807) is 0 Å². The number of alkyl halides is 1. The molecule has 0 radical (unpaired) electrons. The van der Waals surface area contributed by atoms with Gasteiger partial charge in [-0.1, -0.05) is 46.3 Å². The summed E-state index contributed by atoms with van der Waals surface area (Å²) in [5.74, 6) is -0.156. The van der Waals surface area contributed by atoms with Crippen molar-refractivity contribution in [3.8, 4) is 0 Å². The molecule has 1 aromatic rings. The van der Waals surface area contributed by atoms with E-state index in [-0.39, 0.29) is 11.2 Å². The van der Waals surface area contributed by atoms with Crippen molar-refractivity contribution < 1.29 is 4.39 Å². The fourth-order valence-corrected chi connectivity index (χ4v) is 0.931. The molecule has 58 valence electrons. The fourth-order valence-electron chi connectivity index (χ4n) is 0.769. The Morgan fingerprint density at radius 2 is 2.00 bits per heavy atom. The van der Waals surface area contributed by atoms with E-state index in [9.17, 15) is 4.39 Å². The van der Waals surface area contributed by atoms with Crippen LogP contribution in [0.5, 0.6) is 0 Å². The number of halogens is 2. The lowest BCUT2D eigenvalue weighted by Crippen LogP contribution is -1.74. The van der Waals surface area contributed by atoms with Gasteiger partial charge in [0, 0.05) is 0 Å². The smallest absolute Gasteiger partial charge is 0.111 e. The largest absolute Gasteiger partial charge is 0.211 e. The van der Waals surface area contributed by atoms with E-state index in [0.717, 1.165) is 5.56 Å². The molecule has 0 atom stereocenters. The summed E-state index contributed by atoms with van der Waals surface area (Å²) in [6.07, 6.45) is 1.51. The van der Waals surface area contributed by atoms with E-state index in [4.69, 9.17) is 0 Å². The van der Waals surface area contributed by atoms with Crippen LogP contribution in [0.1, 0.15) is 5.56 Å². The first kappa shape index (κ1) is 8.47. The zero-order valence-corrected chi connectivity index (χ0v) is 7.51. The Labute approximate surface area is 73.9 Å². The summed E-state index contributed by atoms with van der Waals surface area (Å²) < 4.78 is 12.6. The van der Waals surface area contributed by atoms with E-state index in [1.165, 1.54) is 6.08 Å². The molecule has 2 heteroatoms. The minimum absolute atomic E-state index is 0.156. The topological polar surface area (TPSA) is 0 Å². The van der Waals surface area contributed by atoms with Gasteiger partial charge in [0.15, 0.2) is 0 Å². The molecule has 0 aromatic heterocycles. The molecule has 0 nitrogen and oxygen atoms in total. The van der Waals surface area contributed by atoms with E-state index in [2.05, 4.69) is 15.9 Å². The van der Waals surface area contributed by atoms with Crippen LogP contribution in [-0.4, -0.2) is 5.33 Å². The highest BCUT2D eigenvalue weighted by Crippen LogP contribution is 2.08. The van der Waals surface area contributed by atoms with Crippen molar-refractivity contribution in [3.05, 3.63) is 41.7 Å². The Bertz CT molecular complexity index is 241. The summed E-state index contributed by atoms with van der Waals surface area (Å²) in [6.45, 7) is 0. The first-order chi connectivity index (χ1) is 5.33. The monoisotopic (exact) mass is 214 g/mol. The van der Waals surface area contributed by atoms with Crippen LogP contribution in [0, 0.1) is 0 Å². The molecule has 0 saturated heterocycles. The zero-order valence-electron chi connectivity index (χ0n) is 5.93. The van der Waals surface area contributed by atoms with Gasteiger partial charge in [-0.25, -0.2) is 4.39 Å². The summed E-state index contributed by atoms with van der Waals surface area (Å²) in [4.78, 5) is 0. The van der Waals surface area contributed by atoms with E-state index in [1.807, 2.05) is 30.3 Å². The molecule has 0 saturated carbocycles. The van der Waals surface area contributed by atoms with E-state index >= 15 is 0 Å². The molecule has 0 fully saturated rings. The first-order valence-corrected chi connectivity index (χ1v) is 4.42. The van der Waals surface area contributed by atoms with Crippen LogP contribution in [0.3, 0.4) is 0 Å². The van der Waals surface area contributed by atoms with Crippen LogP contribution in [0.4, 0.5) is 4.39 Å². The Kier molecular flexibility index (Phi) is 3.30. The summed E-state index contributed by atoms with van der Waals surface area (Å²) >= 11 is 3.03. The van der Waals surface area contributed by atoms with Crippen molar-refractivity contribution in [1.82, 2.24) is 0 Å². The number of hydrogen-bond acceptors (Lipinski definition) is 0. The predicted molar refractivity (Wildman–Crippen MR) is 49.3 cm³/mol. The molecule has 0 amide bonds. The molecular weight excluding hydrogens is 207 g/mol. The molecule has 0 unspecified atom stereocenters. The highest BCUT2D eigenvalue weighted by molar-refractivity contribution is 9.09. The van der Waals surface area contributed by atoms with Gasteiger partial charge >= 0.3 is 0 Å². The molecule has 0 heterocycles. The van der Waals surface area contributed by atoms with Crippen LogP contribution >= 0.6 is 15.9 Å². The van der Waals surface area contributed by atoms with Crippen molar-refractivity contribution >= 4 is 22.0 Å². The highest BCUT2D eigenvalue weighted by Gasteiger charge is 1.90. The molecule has 0 spiro atoms. The highest BCUT2D eigenvalue weighted by atomic mass is 79.9. The second kappa shape index (κ2) is 4.29. The SMILES string of the molecule is F/C(=C\c1ccccc1)CBr. The second-order valence-corrected chi connectivity index (χ2v) is 2.70. The van der Waals surface area contributed by atoms with E-state index < -0.39 is 0 Å². The van der Waals surface area contributed by atoms with Crippen molar-refractivity contribution in [2.45, 2.75) is 0 Å². The molecule has 1 aromatic carbocycles. The quantitative estimate of drug-likeness (QED) is 0.663. The van der Waals surface area contributed by atoms with Crippen LogP contribution in [0.2, 0.25) is 0 Å². The van der Waals surface area contributed by atoms with Crippen molar-refractivity contribution in [3.63, 3.8) is 0 Å². The van der Waals surface area contributed by atoms with Gasteiger partial charge in [0.05, 0.1) is 5.33 Å². The third kappa shape index (κ3) is 2.85. The molecule has 0 N–H and O–H groups in total. The van der Waals surface area contributed by atoms with Gasteiger partial charge in [-0.3, -0.25) is 0 Å². The maximum atomic E-state index is 12.6. The number of rotatable bonds is 2.